The van der Waals surface area contributed by atoms with Gasteiger partial charge in [0.25, 0.3) is 5.91 Å². The van der Waals surface area contributed by atoms with Gasteiger partial charge in [0.05, 0.1) is 14.2 Å². The third-order valence-electron chi connectivity index (χ3n) is 5.00. The highest BCUT2D eigenvalue weighted by atomic mass is 16.5. The normalized spacial score (nSPS) is 16.1. The van der Waals surface area contributed by atoms with Gasteiger partial charge in [-0.2, -0.15) is 0 Å². The molecule has 0 aliphatic carbocycles. The summed E-state index contributed by atoms with van der Waals surface area (Å²) in [7, 11) is 3.22. The van der Waals surface area contributed by atoms with Crippen molar-refractivity contribution in [1.82, 2.24) is 10.2 Å². The van der Waals surface area contributed by atoms with Gasteiger partial charge in [0.2, 0.25) is 5.91 Å². The molecule has 1 aliphatic heterocycles. The number of carbonyl (C=O) groups is 2. The molecule has 2 aromatic rings. The molecule has 0 bridgehead atoms. The van der Waals surface area contributed by atoms with E-state index in [1.54, 1.807) is 26.4 Å². The number of carbonyl (C=O) groups excluding carboxylic acids is 2. The van der Waals surface area contributed by atoms with Crippen LogP contribution in [0.5, 0.6) is 11.5 Å². The molecule has 0 aromatic heterocycles. The average Bonchev–Trinajstić information content (AvgIpc) is 3.10. The lowest BCUT2D eigenvalue weighted by Gasteiger charge is -2.17. The van der Waals surface area contributed by atoms with Crippen LogP contribution in [-0.2, 0) is 11.2 Å². The Labute approximate surface area is 165 Å². The standard InChI is InChI=1S/C22H26N2O4/c1-27-19-9-8-16(12-20(19)28-2)10-11-24-15-17(13-21(24)25)14-23-22(26)18-6-4-3-5-7-18/h3-9,12,17H,10-11,13-15H2,1-2H3,(H,23,26). The molecule has 1 heterocycles. The van der Waals surface area contributed by atoms with Crippen LogP contribution < -0.4 is 14.8 Å². The van der Waals surface area contributed by atoms with Crippen LogP contribution in [0.15, 0.2) is 48.5 Å². The molecule has 0 radical (unpaired) electrons. The molecule has 1 fully saturated rings. The molecule has 1 atom stereocenters. The third kappa shape index (κ3) is 4.82. The van der Waals surface area contributed by atoms with E-state index in [2.05, 4.69) is 5.32 Å². The largest absolute Gasteiger partial charge is 0.493 e. The van der Waals surface area contributed by atoms with Crippen molar-refractivity contribution in [2.24, 2.45) is 5.92 Å². The van der Waals surface area contributed by atoms with Crippen molar-refractivity contribution >= 4 is 11.8 Å². The van der Waals surface area contributed by atoms with Crippen molar-refractivity contribution in [2.45, 2.75) is 12.8 Å². The smallest absolute Gasteiger partial charge is 0.251 e. The van der Waals surface area contributed by atoms with Gasteiger partial charge in [-0.05, 0) is 36.2 Å². The highest BCUT2D eigenvalue weighted by molar-refractivity contribution is 5.94. The lowest BCUT2D eigenvalue weighted by atomic mass is 10.1. The number of nitrogens with one attached hydrogen (secondary N) is 1. The van der Waals surface area contributed by atoms with Crippen LogP contribution in [0.4, 0.5) is 0 Å². The molecule has 1 unspecified atom stereocenters. The Morgan fingerprint density at radius 2 is 1.86 bits per heavy atom. The highest BCUT2D eigenvalue weighted by Crippen LogP contribution is 2.28. The number of hydrogen-bond donors (Lipinski definition) is 1. The molecule has 6 heteroatoms. The predicted octanol–water partition coefficient (Wildman–Crippen LogP) is 2.52. The second-order valence-corrected chi connectivity index (χ2v) is 6.93. The summed E-state index contributed by atoms with van der Waals surface area (Å²) >= 11 is 0. The lowest BCUT2D eigenvalue weighted by Crippen LogP contribution is -2.32. The first-order valence-electron chi connectivity index (χ1n) is 9.42. The maximum absolute atomic E-state index is 12.3. The minimum atomic E-state index is -0.100. The molecule has 6 nitrogen and oxygen atoms in total. The van der Waals surface area contributed by atoms with Gasteiger partial charge in [0, 0.05) is 37.5 Å². The monoisotopic (exact) mass is 382 g/mol. The summed E-state index contributed by atoms with van der Waals surface area (Å²) in [5, 5.41) is 2.94. The van der Waals surface area contributed by atoms with Crippen molar-refractivity contribution in [3.8, 4) is 11.5 Å². The first kappa shape index (κ1) is 19.7. The molecule has 0 saturated carbocycles. The summed E-state index contributed by atoms with van der Waals surface area (Å²) in [6, 6.07) is 14.9. The minimum Gasteiger partial charge on any atom is -0.493 e. The predicted molar refractivity (Wildman–Crippen MR) is 107 cm³/mol. The quantitative estimate of drug-likeness (QED) is 0.762. The topological polar surface area (TPSA) is 67.9 Å². The van der Waals surface area contributed by atoms with E-state index < -0.39 is 0 Å². The number of hydrogen-bond acceptors (Lipinski definition) is 4. The fourth-order valence-corrected chi connectivity index (χ4v) is 3.44. The third-order valence-corrected chi connectivity index (χ3v) is 5.00. The van der Waals surface area contributed by atoms with E-state index in [4.69, 9.17) is 9.47 Å². The Morgan fingerprint density at radius 1 is 1.11 bits per heavy atom. The molecule has 1 aliphatic rings. The fraction of sp³-hybridized carbons (Fsp3) is 0.364. The second kappa shape index (κ2) is 9.26. The number of benzene rings is 2. The number of rotatable bonds is 8. The van der Waals surface area contributed by atoms with E-state index >= 15 is 0 Å². The van der Waals surface area contributed by atoms with Crippen LogP contribution >= 0.6 is 0 Å². The molecule has 1 N–H and O–H groups in total. The number of likely N-dealkylation sites (tertiary alicyclic amines) is 1. The summed E-state index contributed by atoms with van der Waals surface area (Å²) in [6.07, 6.45) is 1.22. The molecule has 3 rings (SSSR count). The van der Waals surface area contributed by atoms with Crippen molar-refractivity contribution in [3.05, 3.63) is 59.7 Å². The van der Waals surface area contributed by atoms with Crippen LogP contribution in [0.1, 0.15) is 22.3 Å². The van der Waals surface area contributed by atoms with E-state index in [9.17, 15) is 9.59 Å². The summed E-state index contributed by atoms with van der Waals surface area (Å²) in [4.78, 5) is 26.3. The van der Waals surface area contributed by atoms with Crippen LogP contribution in [0, 0.1) is 5.92 Å². The highest BCUT2D eigenvalue weighted by Gasteiger charge is 2.29. The average molecular weight is 382 g/mol. The van der Waals surface area contributed by atoms with Crippen molar-refractivity contribution in [3.63, 3.8) is 0 Å². The summed E-state index contributed by atoms with van der Waals surface area (Å²) in [5.41, 5.74) is 1.73. The van der Waals surface area contributed by atoms with Gasteiger partial charge in [-0.3, -0.25) is 9.59 Å². The van der Waals surface area contributed by atoms with E-state index in [-0.39, 0.29) is 17.7 Å². The van der Waals surface area contributed by atoms with Gasteiger partial charge in [-0.15, -0.1) is 0 Å². The zero-order valence-electron chi connectivity index (χ0n) is 16.3. The maximum Gasteiger partial charge on any atom is 0.251 e. The SMILES string of the molecule is COc1ccc(CCN2CC(CNC(=O)c3ccccc3)CC2=O)cc1OC. The van der Waals surface area contributed by atoms with E-state index in [1.807, 2.05) is 41.3 Å². The Bertz CT molecular complexity index is 823. The molecule has 0 spiro atoms. The number of nitrogens with zero attached hydrogens (tertiary/aromatic N) is 1. The van der Waals surface area contributed by atoms with Crippen LogP contribution in [-0.4, -0.2) is 50.6 Å². The van der Waals surface area contributed by atoms with Gasteiger partial charge in [-0.1, -0.05) is 24.3 Å². The van der Waals surface area contributed by atoms with Crippen LogP contribution in [0.2, 0.25) is 0 Å². The molecule has 2 aromatic carbocycles. The Kier molecular flexibility index (Phi) is 6.53. The lowest BCUT2D eigenvalue weighted by molar-refractivity contribution is -0.127. The van der Waals surface area contributed by atoms with Crippen molar-refractivity contribution < 1.29 is 19.1 Å². The fourth-order valence-electron chi connectivity index (χ4n) is 3.44. The Balaban J connectivity index is 1.49. The summed E-state index contributed by atoms with van der Waals surface area (Å²) < 4.78 is 10.6. The number of amides is 2. The molecular weight excluding hydrogens is 356 g/mol. The maximum atomic E-state index is 12.3. The van der Waals surface area contributed by atoms with Crippen molar-refractivity contribution in [1.29, 1.82) is 0 Å². The van der Waals surface area contributed by atoms with E-state index in [0.717, 1.165) is 12.0 Å². The molecule has 1 saturated heterocycles. The van der Waals surface area contributed by atoms with Gasteiger partial charge in [0.1, 0.15) is 0 Å². The van der Waals surface area contributed by atoms with E-state index in [0.29, 0.717) is 43.1 Å². The zero-order chi connectivity index (χ0) is 19.9. The molecule has 28 heavy (non-hydrogen) atoms. The summed E-state index contributed by atoms with van der Waals surface area (Å²) in [5.74, 6) is 1.56. The van der Waals surface area contributed by atoms with Crippen LogP contribution in [0.3, 0.4) is 0 Å². The summed E-state index contributed by atoms with van der Waals surface area (Å²) in [6.45, 7) is 1.82. The Morgan fingerprint density at radius 3 is 2.57 bits per heavy atom. The molecule has 2 amide bonds. The van der Waals surface area contributed by atoms with Gasteiger partial charge in [-0.25, -0.2) is 0 Å². The van der Waals surface area contributed by atoms with Crippen LogP contribution in [0.25, 0.3) is 0 Å². The number of ether oxygens (including phenoxy) is 2. The molecule has 148 valence electrons. The van der Waals surface area contributed by atoms with E-state index in [1.165, 1.54) is 0 Å². The second-order valence-electron chi connectivity index (χ2n) is 6.93. The molecular formula is C22H26N2O4. The van der Waals surface area contributed by atoms with Gasteiger partial charge in [0.15, 0.2) is 11.5 Å². The van der Waals surface area contributed by atoms with Crippen molar-refractivity contribution in [2.75, 3.05) is 33.9 Å². The zero-order valence-corrected chi connectivity index (χ0v) is 16.3. The number of methoxy groups -OCH3 is 2. The Hall–Kier alpha value is -3.02. The first-order chi connectivity index (χ1) is 13.6. The minimum absolute atomic E-state index is 0.100. The van der Waals surface area contributed by atoms with Gasteiger partial charge >= 0.3 is 0 Å². The first-order valence-corrected chi connectivity index (χ1v) is 9.42. The van der Waals surface area contributed by atoms with Gasteiger partial charge < -0.3 is 19.7 Å².